The molecule has 0 aliphatic heterocycles. The molecule has 2 atom stereocenters. The Bertz CT molecular complexity index is 876. The van der Waals surface area contributed by atoms with Crippen LogP contribution in [0.2, 0.25) is 0 Å². The van der Waals surface area contributed by atoms with Gasteiger partial charge in [-0.1, -0.05) is 48.0 Å². The fourth-order valence-corrected chi connectivity index (χ4v) is 3.43. The molecule has 0 aliphatic carbocycles. The Morgan fingerprint density at radius 2 is 1.54 bits per heavy atom. The molecule has 0 radical (unpaired) electrons. The number of ketones is 1. The van der Waals surface area contributed by atoms with Gasteiger partial charge in [0.25, 0.3) is 0 Å². The van der Waals surface area contributed by atoms with E-state index >= 15 is 0 Å². The van der Waals surface area contributed by atoms with Crippen LogP contribution in [0.4, 0.5) is 0 Å². The molecule has 2 aromatic rings. The van der Waals surface area contributed by atoms with Gasteiger partial charge in [-0.05, 0) is 32.9 Å². The Morgan fingerprint density at radius 3 is 2.12 bits per heavy atom. The quantitative estimate of drug-likeness (QED) is 0.593. The summed E-state index contributed by atoms with van der Waals surface area (Å²) in [5, 5.41) is 0. The first-order valence-corrected chi connectivity index (χ1v) is 9.58. The van der Waals surface area contributed by atoms with Crippen molar-refractivity contribution < 1.29 is 22.7 Å². The Labute approximate surface area is 153 Å². The summed E-state index contributed by atoms with van der Waals surface area (Å²) in [5.41, 5.74) is 1.34. The van der Waals surface area contributed by atoms with E-state index in [0.29, 0.717) is 5.56 Å². The Hall–Kier alpha value is -2.51. The van der Waals surface area contributed by atoms with Gasteiger partial charge in [0.2, 0.25) is 15.8 Å². The zero-order valence-corrected chi connectivity index (χ0v) is 15.6. The minimum atomic E-state index is -3.87. The molecule has 0 heterocycles. The second kappa shape index (κ2) is 8.25. The van der Waals surface area contributed by atoms with E-state index in [9.17, 15) is 18.0 Å². The number of esters is 1. The molecule has 0 saturated carbocycles. The average molecular weight is 375 g/mol. The predicted molar refractivity (Wildman–Crippen MR) is 97.3 cm³/mol. The molecular formula is C19H21NO5S. The highest BCUT2D eigenvalue weighted by molar-refractivity contribution is 7.89. The van der Waals surface area contributed by atoms with Crippen LogP contribution in [0.3, 0.4) is 0 Å². The van der Waals surface area contributed by atoms with Gasteiger partial charge in [-0.2, -0.15) is 4.72 Å². The fraction of sp³-hybridized carbons (Fsp3) is 0.263. The summed E-state index contributed by atoms with van der Waals surface area (Å²) in [6.45, 7) is 4.66. The summed E-state index contributed by atoms with van der Waals surface area (Å²) in [4.78, 5) is 24.4. The van der Waals surface area contributed by atoms with Crippen molar-refractivity contribution in [2.24, 2.45) is 0 Å². The number of carbonyl (C=O) groups is 2. The molecule has 1 N–H and O–H groups in total. The first kappa shape index (κ1) is 19.8. The largest absolute Gasteiger partial charge is 0.453 e. The van der Waals surface area contributed by atoms with Gasteiger partial charge in [-0.25, -0.2) is 8.42 Å². The molecule has 7 heteroatoms. The van der Waals surface area contributed by atoms with Crippen molar-refractivity contribution >= 4 is 21.8 Å². The maximum absolute atomic E-state index is 12.3. The Morgan fingerprint density at radius 1 is 0.962 bits per heavy atom. The lowest BCUT2D eigenvalue weighted by atomic mass is 10.1. The van der Waals surface area contributed by atoms with E-state index in [2.05, 4.69) is 4.72 Å². The third-order valence-corrected chi connectivity index (χ3v) is 5.29. The maximum Gasteiger partial charge on any atom is 0.324 e. The van der Waals surface area contributed by atoms with Gasteiger partial charge in [0.15, 0.2) is 6.10 Å². The van der Waals surface area contributed by atoms with Crippen LogP contribution < -0.4 is 4.72 Å². The zero-order valence-electron chi connectivity index (χ0n) is 14.8. The van der Waals surface area contributed by atoms with Crippen molar-refractivity contribution in [1.29, 1.82) is 0 Å². The second-order valence-electron chi connectivity index (χ2n) is 5.97. The van der Waals surface area contributed by atoms with Crippen molar-refractivity contribution in [2.45, 2.75) is 37.8 Å². The van der Waals surface area contributed by atoms with Crippen molar-refractivity contribution in [1.82, 2.24) is 4.72 Å². The molecule has 0 spiro atoms. The Balaban J connectivity index is 2.00. The summed E-state index contributed by atoms with van der Waals surface area (Å²) < 4.78 is 32.0. The summed E-state index contributed by atoms with van der Waals surface area (Å²) >= 11 is 0. The topological polar surface area (TPSA) is 89.5 Å². The minimum absolute atomic E-state index is 0.0520. The van der Waals surface area contributed by atoms with Crippen LogP contribution in [0, 0.1) is 6.92 Å². The van der Waals surface area contributed by atoms with E-state index in [0.717, 1.165) is 5.56 Å². The van der Waals surface area contributed by atoms with Crippen LogP contribution >= 0.6 is 0 Å². The number of hydrogen-bond donors (Lipinski definition) is 1. The first-order valence-electron chi connectivity index (χ1n) is 8.09. The average Bonchev–Trinajstić information content (AvgIpc) is 2.61. The molecule has 0 bridgehead atoms. The van der Waals surface area contributed by atoms with Crippen LogP contribution in [0.1, 0.15) is 29.8 Å². The number of ether oxygens (including phenoxy) is 1. The van der Waals surface area contributed by atoms with Gasteiger partial charge < -0.3 is 4.74 Å². The molecule has 138 valence electrons. The van der Waals surface area contributed by atoms with Gasteiger partial charge in [-0.15, -0.1) is 0 Å². The smallest absolute Gasteiger partial charge is 0.324 e. The zero-order chi connectivity index (χ0) is 19.3. The lowest BCUT2D eigenvalue weighted by molar-refractivity contribution is -0.147. The number of carbonyl (C=O) groups excluding carboxylic acids is 2. The second-order valence-corrected chi connectivity index (χ2v) is 7.68. The lowest BCUT2D eigenvalue weighted by Crippen LogP contribution is -2.41. The van der Waals surface area contributed by atoms with E-state index in [-0.39, 0.29) is 10.7 Å². The van der Waals surface area contributed by atoms with E-state index < -0.39 is 28.1 Å². The predicted octanol–water partition coefficient (Wildman–Crippen LogP) is 2.48. The number of benzene rings is 2. The standard InChI is InChI=1S/C19H21NO5S/c1-13-9-11-17(12-10-13)26(23,24)20-14(2)19(22)25-15(3)18(21)16-7-5-4-6-8-16/h4-12,14-15,20H,1-3H3/t14-,15?/m0/s1. The van der Waals surface area contributed by atoms with Crippen molar-refractivity contribution in [2.75, 3.05) is 0 Å². The van der Waals surface area contributed by atoms with E-state index in [1.165, 1.54) is 26.0 Å². The molecule has 0 saturated heterocycles. The highest BCUT2D eigenvalue weighted by Gasteiger charge is 2.26. The number of rotatable bonds is 7. The van der Waals surface area contributed by atoms with Crippen molar-refractivity contribution in [3.05, 3.63) is 65.7 Å². The van der Waals surface area contributed by atoms with Gasteiger partial charge in [0.1, 0.15) is 6.04 Å². The summed E-state index contributed by atoms with van der Waals surface area (Å²) in [6, 6.07) is 13.5. The monoisotopic (exact) mass is 375 g/mol. The van der Waals surface area contributed by atoms with E-state index in [4.69, 9.17) is 4.74 Å². The number of sulfonamides is 1. The molecule has 0 amide bonds. The lowest BCUT2D eigenvalue weighted by Gasteiger charge is -2.17. The minimum Gasteiger partial charge on any atom is -0.453 e. The third kappa shape index (κ3) is 5.00. The van der Waals surface area contributed by atoms with E-state index in [1.54, 1.807) is 42.5 Å². The van der Waals surface area contributed by atoms with Gasteiger partial charge >= 0.3 is 5.97 Å². The molecule has 2 rings (SSSR count). The van der Waals surface area contributed by atoms with Gasteiger partial charge in [0, 0.05) is 5.56 Å². The highest BCUT2D eigenvalue weighted by atomic mass is 32.2. The highest BCUT2D eigenvalue weighted by Crippen LogP contribution is 2.12. The molecule has 0 aromatic heterocycles. The molecular weight excluding hydrogens is 354 g/mol. The van der Waals surface area contributed by atoms with Crippen LogP contribution in [-0.4, -0.2) is 32.3 Å². The first-order chi connectivity index (χ1) is 12.2. The van der Waals surface area contributed by atoms with Gasteiger partial charge in [-0.3, -0.25) is 9.59 Å². The Kier molecular flexibility index (Phi) is 6.28. The third-order valence-electron chi connectivity index (χ3n) is 3.74. The molecule has 6 nitrogen and oxygen atoms in total. The van der Waals surface area contributed by atoms with Crippen LogP contribution in [0.5, 0.6) is 0 Å². The number of aryl methyl sites for hydroxylation is 1. The van der Waals surface area contributed by atoms with Crippen LogP contribution in [0.15, 0.2) is 59.5 Å². The normalized spacial score (nSPS) is 13.7. The molecule has 0 fully saturated rings. The van der Waals surface area contributed by atoms with Crippen molar-refractivity contribution in [3.63, 3.8) is 0 Å². The van der Waals surface area contributed by atoms with Gasteiger partial charge in [0.05, 0.1) is 4.90 Å². The fourth-order valence-electron chi connectivity index (χ4n) is 2.23. The van der Waals surface area contributed by atoms with Crippen molar-refractivity contribution in [3.8, 4) is 0 Å². The van der Waals surface area contributed by atoms with Crippen LogP contribution in [-0.2, 0) is 19.6 Å². The number of hydrogen-bond acceptors (Lipinski definition) is 5. The number of nitrogens with one attached hydrogen (secondary N) is 1. The maximum atomic E-state index is 12.3. The van der Waals surface area contributed by atoms with E-state index in [1.807, 2.05) is 6.92 Å². The molecule has 26 heavy (non-hydrogen) atoms. The molecule has 0 aliphatic rings. The van der Waals surface area contributed by atoms with Crippen LogP contribution in [0.25, 0.3) is 0 Å². The summed E-state index contributed by atoms with van der Waals surface area (Å²) in [7, 11) is -3.87. The summed E-state index contributed by atoms with van der Waals surface area (Å²) in [5.74, 6) is -1.18. The molecule has 2 aromatic carbocycles. The summed E-state index contributed by atoms with van der Waals surface area (Å²) in [6.07, 6.45) is -1.02. The SMILES string of the molecule is Cc1ccc(S(=O)(=O)N[C@@H](C)C(=O)OC(C)C(=O)c2ccccc2)cc1. The number of Topliss-reactive ketones (excluding diaryl/α,β-unsaturated/α-hetero) is 1. The molecule has 1 unspecified atom stereocenters.